The number of rotatable bonds is 3. The van der Waals surface area contributed by atoms with Crippen LogP contribution in [0.3, 0.4) is 0 Å². The van der Waals surface area contributed by atoms with Crippen LogP contribution in [0.4, 0.5) is 0 Å². The molecule has 0 N–H and O–H groups in total. The second-order valence-electron chi connectivity index (χ2n) is 2.65. The second-order valence-corrected chi connectivity index (χ2v) is 3.05. The van der Waals surface area contributed by atoms with E-state index in [1.165, 1.54) is 6.08 Å². The summed E-state index contributed by atoms with van der Waals surface area (Å²) in [5, 5.41) is 8.83. The van der Waals surface area contributed by atoms with Crippen LogP contribution < -0.4 is 4.74 Å². The number of allylic oxidation sites excluding steroid dienone is 1. The Balaban J connectivity index is 2.85. The van der Waals surface area contributed by atoms with E-state index in [0.717, 1.165) is 5.56 Å². The van der Waals surface area contributed by atoms with Crippen molar-refractivity contribution in [3.63, 3.8) is 0 Å². The summed E-state index contributed by atoms with van der Waals surface area (Å²) in [4.78, 5) is 0. The Labute approximate surface area is 93.7 Å². The van der Waals surface area contributed by atoms with Crippen LogP contribution in [-0.4, -0.2) is 6.61 Å². The topological polar surface area (TPSA) is 33.0 Å². The van der Waals surface area contributed by atoms with E-state index in [1.807, 2.05) is 6.07 Å². The fraction of sp³-hybridized carbons (Fsp3) is 0.0833. The van der Waals surface area contributed by atoms with E-state index in [9.17, 15) is 0 Å². The first kappa shape index (κ1) is 11.2. The first-order valence-corrected chi connectivity index (χ1v) is 4.57. The van der Waals surface area contributed by atoms with Gasteiger partial charge in [-0.2, -0.15) is 5.26 Å². The molecule has 0 heterocycles. The van der Waals surface area contributed by atoms with E-state index >= 15 is 0 Å². The van der Waals surface area contributed by atoms with Crippen LogP contribution in [0.25, 0.3) is 6.08 Å². The largest absolute Gasteiger partial charge is 0.479 e. The lowest BCUT2D eigenvalue weighted by Crippen LogP contribution is -1.93. The fourth-order valence-corrected chi connectivity index (χ4v) is 1.23. The minimum absolute atomic E-state index is 0.188. The predicted octanol–water partition coefficient (Wildman–Crippen LogP) is 2.89. The molecule has 0 radical (unpaired) electrons. The normalized spacial score (nSPS) is 9.53. The van der Waals surface area contributed by atoms with Gasteiger partial charge in [0.2, 0.25) is 0 Å². The van der Waals surface area contributed by atoms with E-state index in [0.29, 0.717) is 10.8 Å². The van der Waals surface area contributed by atoms with Crippen LogP contribution in [0.15, 0.2) is 24.3 Å². The fourth-order valence-electron chi connectivity index (χ4n) is 0.991. The lowest BCUT2D eigenvalue weighted by atomic mass is 10.2. The van der Waals surface area contributed by atoms with Gasteiger partial charge in [0.15, 0.2) is 0 Å². The minimum Gasteiger partial charge on any atom is -0.479 e. The molecule has 0 aromatic heterocycles. The Morgan fingerprint density at radius 3 is 2.93 bits per heavy atom. The van der Waals surface area contributed by atoms with E-state index < -0.39 is 0 Å². The van der Waals surface area contributed by atoms with Crippen molar-refractivity contribution in [1.82, 2.24) is 0 Å². The smallest absolute Gasteiger partial charge is 0.148 e. The Hall–Kier alpha value is -1.90. The first-order chi connectivity index (χ1) is 7.27. The Morgan fingerprint density at radius 2 is 2.33 bits per heavy atom. The molecular weight excluding hydrogens is 210 g/mol. The number of benzene rings is 1. The Morgan fingerprint density at radius 1 is 1.53 bits per heavy atom. The number of halogens is 1. The molecule has 74 valence electrons. The number of nitriles is 1. The van der Waals surface area contributed by atoms with Crippen molar-refractivity contribution in [2.24, 2.45) is 0 Å². The van der Waals surface area contributed by atoms with Gasteiger partial charge in [0.25, 0.3) is 0 Å². The van der Waals surface area contributed by atoms with Crippen LogP contribution in [0.2, 0.25) is 5.02 Å². The average molecular weight is 218 g/mol. The SMILES string of the molecule is C#CCOc1ccc(C=CC#N)cc1Cl. The number of ether oxygens (including phenoxy) is 1. The minimum atomic E-state index is 0.188. The van der Waals surface area contributed by atoms with Crippen molar-refractivity contribution < 1.29 is 4.74 Å². The van der Waals surface area contributed by atoms with Gasteiger partial charge in [-0.1, -0.05) is 23.6 Å². The maximum absolute atomic E-state index is 8.35. The monoisotopic (exact) mass is 217 g/mol. The van der Waals surface area contributed by atoms with Gasteiger partial charge >= 0.3 is 0 Å². The molecule has 0 saturated heterocycles. The summed E-state index contributed by atoms with van der Waals surface area (Å²) in [5.74, 6) is 2.90. The highest BCUT2D eigenvalue weighted by Crippen LogP contribution is 2.25. The lowest BCUT2D eigenvalue weighted by Gasteiger charge is -2.04. The maximum Gasteiger partial charge on any atom is 0.148 e. The number of hydrogen-bond acceptors (Lipinski definition) is 2. The molecule has 0 saturated carbocycles. The van der Waals surface area contributed by atoms with Gasteiger partial charge < -0.3 is 4.74 Å². The van der Waals surface area contributed by atoms with Crippen LogP contribution in [0.5, 0.6) is 5.75 Å². The van der Waals surface area contributed by atoms with Crippen molar-refractivity contribution in [2.45, 2.75) is 0 Å². The van der Waals surface area contributed by atoms with Gasteiger partial charge in [0.05, 0.1) is 11.1 Å². The molecule has 0 amide bonds. The summed E-state index contributed by atoms with van der Waals surface area (Å²) in [6, 6.07) is 7.13. The van der Waals surface area contributed by atoms with E-state index in [4.69, 9.17) is 28.0 Å². The third kappa shape index (κ3) is 3.38. The molecule has 0 spiro atoms. The summed E-state index contributed by atoms with van der Waals surface area (Å²) in [7, 11) is 0. The van der Waals surface area contributed by atoms with Gasteiger partial charge in [0.1, 0.15) is 12.4 Å². The van der Waals surface area contributed by atoms with Crippen molar-refractivity contribution in [1.29, 1.82) is 5.26 Å². The molecule has 1 aromatic rings. The quantitative estimate of drug-likeness (QED) is 0.576. The summed E-state index contributed by atoms with van der Waals surface area (Å²) >= 11 is 5.93. The van der Waals surface area contributed by atoms with Gasteiger partial charge in [0, 0.05) is 6.08 Å². The third-order valence-corrected chi connectivity index (χ3v) is 1.91. The lowest BCUT2D eigenvalue weighted by molar-refractivity contribution is 0.370. The van der Waals surface area contributed by atoms with Crippen molar-refractivity contribution in [2.75, 3.05) is 6.61 Å². The average Bonchev–Trinajstić information content (AvgIpc) is 2.25. The van der Waals surface area contributed by atoms with Crippen molar-refractivity contribution in [3.8, 4) is 24.2 Å². The number of terminal acetylenes is 1. The van der Waals surface area contributed by atoms with E-state index in [2.05, 4.69) is 5.92 Å². The highest BCUT2D eigenvalue weighted by atomic mass is 35.5. The zero-order chi connectivity index (χ0) is 11.1. The van der Waals surface area contributed by atoms with Crippen molar-refractivity contribution in [3.05, 3.63) is 34.9 Å². The maximum atomic E-state index is 8.35. The number of hydrogen-bond donors (Lipinski definition) is 0. The molecule has 2 nitrogen and oxygen atoms in total. The van der Waals surface area contributed by atoms with Crippen LogP contribution in [0, 0.1) is 23.7 Å². The molecule has 0 bridgehead atoms. The zero-order valence-corrected chi connectivity index (χ0v) is 8.66. The van der Waals surface area contributed by atoms with Gasteiger partial charge in [-0.15, -0.1) is 6.42 Å². The molecule has 1 rings (SSSR count). The molecule has 0 aliphatic carbocycles. The van der Waals surface area contributed by atoms with E-state index in [-0.39, 0.29) is 6.61 Å². The van der Waals surface area contributed by atoms with Crippen LogP contribution in [-0.2, 0) is 0 Å². The molecule has 0 unspecified atom stereocenters. The molecule has 0 aliphatic heterocycles. The first-order valence-electron chi connectivity index (χ1n) is 4.20. The summed E-state index contributed by atoms with van der Waals surface area (Å²) < 4.78 is 5.19. The molecular formula is C12H8ClNO. The molecule has 0 atom stereocenters. The van der Waals surface area contributed by atoms with Gasteiger partial charge in [-0.3, -0.25) is 0 Å². The second kappa shape index (κ2) is 5.75. The van der Waals surface area contributed by atoms with E-state index in [1.54, 1.807) is 24.3 Å². The highest BCUT2D eigenvalue weighted by molar-refractivity contribution is 6.32. The molecule has 0 fully saturated rings. The van der Waals surface area contributed by atoms with Crippen molar-refractivity contribution >= 4 is 17.7 Å². The van der Waals surface area contributed by atoms with Crippen LogP contribution >= 0.6 is 11.6 Å². The molecule has 3 heteroatoms. The zero-order valence-electron chi connectivity index (χ0n) is 7.90. The summed E-state index contributed by atoms with van der Waals surface area (Å²) in [5.41, 5.74) is 0.842. The number of nitrogens with zero attached hydrogens (tertiary/aromatic N) is 1. The summed E-state index contributed by atoms with van der Waals surface area (Å²) in [6.45, 7) is 0.188. The molecule has 15 heavy (non-hydrogen) atoms. The van der Waals surface area contributed by atoms with Gasteiger partial charge in [-0.25, -0.2) is 0 Å². The summed E-state index contributed by atoms with van der Waals surface area (Å²) in [6.07, 6.45) is 8.10. The molecule has 1 aromatic carbocycles. The highest BCUT2D eigenvalue weighted by Gasteiger charge is 2.00. The van der Waals surface area contributed by atoms with Gasteiger partial charge in [-0.05, 0) is 23.8 Å². The van der Waals surface area contributed by atoms with Crippen LogP contribution in [0.1, 0.15) is 5.56 Å². The predicted molar refractivity (Wildman–Crippen MR) is 60.4 cm³/mol. The Bertz CT molecular complexity index is 452. The Kier molecular flexibility index (Phi) is 4.29. The standard InChI is InChI=1S/C12H8ClNO/c1-2-8-15-12-6-5-10(4-3-7-14)9-11(12)13/h1,3-6,9H,8H2. The third-order valence-electron chi connectivity index (χ3n) is 1.62. The molecule has 0 aliphatic rings.